The Morgan fingerprint density at radius 2 is 0.918 bits per heavy atom. The topological polar surface area (TPSA) is 14.2 Å². The summed E-state index contributed by atoms with van der Waals surface area (Å²) in [6.45, 7) is 0. The third-order valence-corrected chi connectivity index (χ3v) is 13.3. The molecule has 0 unspecified atom stereocenters. The van der Waals surface area contributed by atoms with Crippen LogP contribution in [0.5, 0.6) is 11.5 Å². The molecule has 0 amide bonds. The van der Waals surface area contributed by atoms with Gasteiger partial charge in [0.05, 0.1) is 16.4 Å². The molecule has 0 N–H and O–H groups in total. The minimum absolute atomic E-state index is 0.456. The zero-order valence-electron chi connectivity index (χ0n) is 33.2. The second-order valence-corrected chi connectivity index (χ2v) is 16.4. The van der Waals surface area contributed by atoms with E-state index in [9.17, 15) is 0 Å². The Hall–Kier alpha value is -7.94. The number of para-hydroxylation sites is 2. The molecule has 61 heavy (non-hydrogen) atoms. The predicted molar refractivity (Wildman–Crippen MR) is 252 cm³/mol. The first-order chi connectivity index (χ1) is 30.3. The van der Waals surface area contributed by atoms with Crippen LogP contribution in [0.15, 0.2) is 224 Å². The monoisotopic (exact) mass is 775 g/mol. The van der Waals surface area contributed by atoms with E-state index in [1.807, 2.05) is 0 Å². The molecule has 2 heteroatoms. The van der Waals surface area contributed by atoms with Crippen molar-refractivity contribution in [1.82, 2.24) is 4.57 Å². The second kappa shape index (κ2) is 13.0. The Bertz CT molecular complexity index is 3510. The van der Waals surface area contributed by atoms with E-state index < -0.39 is 5.41 Å². The molecule has 0 radical (unpaired) electrons. The maximum absolute atomic E-state index is 6.77. The Morgan fingerprint density at radius 3 is 1.74 bits per heavy atom. The molecule has 1 aromatic heterocycles. The largest absolute Gasteiger partial charge is 0.456 e. The summed E-state index contributed by atoms with van der Waals surface area (Å²) >= 11 is 0. The fourth-order valence-electron chi connectivity index (χ4n) is 10.7. The molecule has 2 heterocycles. The molecule has 0 atom stereocenters. The molecule has 13 rings (SSSR count). The van der Waals surface area contributed by atoms with Crippen molar-refractivity contribution in [3.63, 3.8) is 0 Å². The fraction of sp³-hybridized carbons (Fsp3) is 0.0169. The van der Waals surface area contributed by atoms with Crippen LogP contribution >= 0.6 is 0 Å². The van der Waals surface area contributed by atoms with Crippen molar-refractivity contribution in [2.45, 2.75) is 5.41 Å². The lowest BCUT2D eigenvalue weighted by molar-refractivity contribution is 0.487. The molecule has 284 valence electrons. The van der Waals surface area contributed by atoms with Gasteiger partial charge in [-0.1, -0.05) is 170 Å². The van der Waals surface area contributed by atoms with Gasteiger partial charge < -0.3 is 9.30 Å². The fourth-order valence-corrected chi connectivity index (χ4v) is 10.7. The quantitative estimate of drug-likeness (QED) is 0.170. The van der Waals surface area contributed by atoms with Crippen LogP contribution in [0.25, 0.3) is 82.8 Å². The van der Waals surface area contributed by atoms with E-state index in [0.717, 1.165) is 33.7 Å². The van der Waals surface area contributed by atoms with E-state index >= 15 is 0 Å². The van der Waals surface area contributed by atoms with Crippen molar-refractivity contribution in [2.75, 3.05) is 0 Å². The van der Waals surface area contributed by atoms with Crippen LogP contribution < -0.4 is 4.74 Å². The van der Waals surface area contributed by atoms with Crippen molar-refractivity contribution in [2.24, 2.45) is 0 Å². The lowest BCUT2D eigenvalue weighted by atomic mass is 9.67. The molecule has 11 aromatic rings. The van der Waals surface area contributed by atoms with E-state index in [4.69, 9.17) is 4.74 Å². The number of benzene rings is 10. The van der Waals surface area contributed by atoms with E-state index in [0.29, 0.717) is 0 Å². The van der Waals surface area contributed by atoms with Crippen molar-refractivity contribution >= 4 is 32.6 Å². The molecule has 0 bridgehead atoms. The summed E-state index contributed by atoms with van der Waals surface area (Å²) in [4.78, 5) is 0. The Balaban J connectivity index is 0.960. The molecule has 10 aromatic carbocycles. The highest BCUT2D eigenvalue weighted by atomic mass is 16.5. The van der Waals surface area contributed by atoms with Gasteiger partial charge in [0.2, 0.25) is 0 Å². The van der Waals surface area contributed by atoms with Crippen molar-refractivity contribution in [3.8, 4) is 61.7 Å². The van der Waals surface area contributed by atoms with Gasteiger partial charge in [0.15, 0.2) is 0 Å². The number of nitrogens with zero attached hydrogens (tertiary/aromatic N) is 1. The lowest BCUT2D eigenvalue weighted by Crippen LogP contribution is -2.28. The van der Waals surface area contributed by atoms with Gasteiger partial charge >= 0.3 is 0 Å². The summed E-state index contributed by atoms with van der Waals surface area (Å²) in [5.41, 5.74) is 17.9. The number of fused-ring (bicyclic) bond motifs is 8. The first kappa shape index (κ1) is 34.0. The van der Waals surface area contributed by atoms with Crippen LogP contribution in [0.4, 0.5) is 0 Å². The summed E-state index contributed by atoms with van der Waals surface area (Å²) < 4.78 is 9.15. The molecule has 2 aliphatic rings. The maximum Gasteiger partial charge on any atom is 0.135 e. The van der Waals surface area contributed by atoms with Gasteiger partial charge in [0.25, 0.3) is 0 Å². The zero-order chi connectivity index (χ0) is 40.1. The molecule has 0 saturated heterocycles. The Morgan fingerprint density at radius 1 is 0.328 bits per heavy atom. The van der Waals surface area contributed by atoms with Crippen molar-refractivity contribution in [1.29, 1.82) is 0 Å². The first-order valence-corrected chi connectivity index (χ1v) is 21.1. The van der Waals surface area contributed by atoms with Crippen LogP contribution in [0.2, 0.25) is 0 Å². The van der Waals surface area contributed by atoms with E-state index in [2.05, 4.69) is 229 Å². The van der Waals surface area contributed by atoms with Crippen LogP contribution in [-0.2, 0) is 5.41 Å². The number of ether oxygens (including phenoxy) is 1. The molecular weight excluding hydrogens is 739 g/mol. The van der Waals surface area contributed by atoms with Gasteiger partial charge in [-0.3, -0.25) is 0 Å². The third kappa shape index (κ3) is 4.85. The van der Waals surface area contributed by atoms with Gasteiger partial charge in [-0.2, -0.15) is 0 Å². The molecule has 0 saturated carbocycles. The zero-order valence-corrected chi connectivity index (χ0v) is 33.2. The minimum atomic E-state index is -0.456. The number of hydrogen-bond acceptors (Lipinski definition) is 1. The first-order valence-electron chi connectivity index (χ1n) is 21.1. The summed E-state index contributed by atoms with van der Waals surface area (Å²) in [6.07, 6.45) is 0. The van der Waals surface area contributed by atoms with Gasteiger partial charge in [-0.25, -0.2) is 0 Å². The lowest BCUT2D eigenvalue weighted by Gasteiger charge is -2.34. The van der Waals surface area contributed by atoms with Gasteiger partial charge in [0.1, 0.15) is 11.5 Å². The summed E-state index contributed by atoms with van der Waals surface area (Å²) in [5, 5.41) is 4.82. The maximum atomic E-state index is 6.77. The average Bonchev–Trinajstić information content (AvgIpc) is 3.82. The number of aromatic nitrogens is 1. The molecule has 1 aliphatic heterocycles. The van der Waals surface area contributed by atoms with Crippen LogP contribution in [-0.4, -0.2) is 4.57 Å². The summed E-state index contributed by atoms with van der Waals surface area (Å²) in [5.74, 6) is 1.77. The van der Waals surface area contributed by atoms with Gasteiger partial charge in [-0.05, 0) is 121 Å². The summed E-state index contributed by atoms with van der Waals surface area (Å²) in [6, 6.07) is 82.2. The molecule has 2 nitrogen and oxygen atoms in total. The standard InChI is InChI=1S/C59H37NO/c1-4-15-41(16-5-1)59(42-17-6-2-7-18-42)52-25-12-10-21-45(52)46-30-27-39(37-53(46)59)38-29-33-56-51(35-38)49-24-14-23-48-44(31-34-57(61-56)58(48)49)40-28-32-55-50(36-40)47-22-11-13-26-54(47)60(55)43-19-8-3-9-20-43/h1-37H. The predicted octanol–water partition coefficient (Wildman–Crippen LogP) is 15.4. The number of hydrogen-bond donors (Lipinski definition) is 0. The number of rotatable bonds is 5. The van der Waals surface area contributed by atoms with Crippen LogP contribution in [0.1, 0.15) is 22.3 Å². The Kier molecular flexibility index (Phi) is 7.26. The summed E-state index contributed by atoms with van der Waals surface area (Å²) in [7, 11) is 0. The Labute approximate surface area is 354 Å². The van der Waals surface area contributed by atoms with E-state index in [1.165, 1.54) is 82.8 Å². The third-order valence-electron chi connectivity index (χ3n) is 13.3. The van der Waals surface area contributed by atoms with Crippen molar-refractivity contribution < 1.29 is 4.74 Å². The highest BCUT2D eigenvalue weighted by Gasteiger charge is 2.46. The van der Waals surface area contributed by atoms with Crippen molar-refractivity contribution in [3.05, 3.63) is 247 Å². The van der Waals surface area contributed by atoms with E-state index in [1.54, 1.807) is 0 Å². The molecule has 0 fully saturated rings. The van der Waals surface area contributed by atoms with Gasteiger partial charge in [-0.15, -0.1) is 0 Å². The van der Waals surface area contributed by atoms with Crippen LogP contribution in [0, 0.1) is 0 Å². The molecular formula is C59H37NO. The molecule has 0 spiro atoms. The second-order valence-electron chi connectivity index (χ2n) is 16.4. The highest BCUT2D eigenvalue weighted by Crippen LogP contribution is 2.57. The van der Waals surface area contributed by atoms with E-state index in [-0.39, 0.29) is 0 Å². The smallest absolute Gasteiger partial charge is 0.135 e. The molecule has 1 aliphatic carbocycles. The van der Waals surface area contributed by atoms with Gasteiger partial charge in [0, 0.05) is 27.4 Å². The SMILES string of the molecule is c1ccc(-n2c3ccccc3c3cc(-c4ccc5c6c(cccc46)-c4cc(-c6ccc7c(c6)C(c6ccccc6)(c6ccccc6)c6ccccc6-7)ccc4O5)ccc32)cc1. The minimum Gasteiger partial charge on any atom is -0.456 e. The average molecular weight is 776 g/mol. The highest BCUT2D eigenvalue weighted by molar-refractivity contribution is 6.14. The normalized spacial score (nSPS) is 13.2. The van der Waals surface area contributed by atoms with Crippen LogP contribution in [0.3, 0.4) is 0 Å².